The third kappa shape index (κ3) is 4.07. The number of para-hydroxylation sites is 1. The first-order chi connectivity index (χ1) is 21.5. The Bertz CT molecular complexity index is 1800. The van der Waals surface area contributed by atoms with Gasteiger partial charge in [-0.2, -0.15) is 0 Å². The molecule has 4 aromatic carbocycles. The predicted molar refractivity (Wildman–Crippen MR) is 168 cm³/mol. The van der Waals surface area contributed by atoms with E-state index in [0.29, 0.717) is 34.9 Å². The molecule has 0 bridgehead atoms. The fourth-order valence-electron chi connectivity index (χ4n) is 7.21. The van der Waals surface area contributed by atoms with Crippen LogP contribution in [-0.4, -0.2) is 42.1 Å². The number of methoxy groups -OCH3 is 1. The molecule has 220 valence electrons. The fraction of sp³-hybridized carbons (Fsp3) is 0.216. The van der Waals surface area contributed by atoms with Gasteiger partial charge in [-0.1, -0.05) is 49.4 Å². The molecule has 7 nitrogen and oxygen atoms in total. The maximum absolute atomic E-state index is 14.9. The Hall–Kier alpha value is -5.17. The Labute approximate surface area is 256 Å². The Balaban J connectivity index is 1.46. The second kappa shape index (κ2) is 10.8. The minimum absolute atomic E-state index is 0.239. The van der Waals surface area contributed by atoms with E-state index in [4.69, 9.17) is 9.47 Å². The molecule has 3 aliphatic rings. The lowest BCUT2D eigenvalue weighted by Gasteiger charge is -2.38. The van der Waals surface area contributed by atoms with Crippen molar-refractivity contribution in [1.29, 1.82) is 0 Å². The van der Waals surface area contributed by atoms with Crippen LogP contribution in [-0.2, 0) is 10.2 Å². The fourth-order valence-corrected chi connectivity index (χ4v) is 7.21. The van der Waals surface area contributed by atoms with Gasteiger partial charge in [-0.3, -0.25) is 14.4 Å². The van der Waals surface area contributed by atoms with Crippen molar-refractivity contribution < 1.29 is 23.9 Å². The SMILES string of the molecule is CCCOc1ccc(C(=O)[C@@H]2[C@H](C(=O)c3ccc(OC)cc3)N3C=Cc4ccccc4[C@@H]3[C@]23C(=O)Nc2ccccc23)cc1. The number of nitrogens with zero attached hydrogens (tertiary/aromatic N) is 1. The molecule has 0 aliphatic carbocycles. The van der Waals surface area contributed by atoms with Crippen molar-refractivity contribution >= 4 is 29.2 Å². The molecule has 0 radical (unpaired) electrons. The highest BCUT2D eigenvalue weighted by Crippen LogP contribution is 2.62. The summed E-state index contributed by atoms with van der Waals surface area (Å²) in [4.78, 5) is 46.1. The zero-order valence-corrected chi connectivity index (χ0v) is 24.5. The number of hydrogen-bond acceptors (Lipinski definition) is 6. The van der Waals surface area contributed by atoms with Crippen LogP contribution in [0, 0.1) is 5.92 Å². The number of ketones is 2. The van der Waals surface area contributed by atoms with Gasteiger partial charge < -0.3 is 19.7 Å². The van der Waals surface area contributed by atoms with Crippen LogP contribution in [0.5, 0.6) is 11.5 Å². The molecule has 7 rings (SSSR count). The van der Waals surface area contributed by atoms with Crippen LogP contribution in [0.4, 0.5) is 5.69 Å². The van der Waals surface area contributed by atoms with Crippen LogP contribution in [0.1, 0.15) is 56.8 Å². The van der Waals surface area contributed by atoms with Crippen LogP contribution in [0.3, 0.4) is 0 Å². The molecule has 4 aromatic rings. The number of Topliss-reactive ketones (excluding diaryl/α,β-unsaturated/α-hetero) is 2. The molecule has 3 aliphatic heterocycles. The molecular weight excluding hydrogens is 552 g/mol. The number of fused-ring (bicyclic) bond motifs is 6. The molecule has 1 spiro atoms. The van der Waals surface area contributed by atoms with Crippen molar-refractivity contribution in [3.8, 4) is 11.5 Å². The van der Waals surface area contributed by atoms with Gasteiger partial charge in [-0.15, -0.1) is 0 Å². The zero-order valence-electron chi connectivity index (χ0n) is 24.5. The minimum Gasteiger partial charge on any atom is -0.497 e. The molecular formula is C37H32N2O5. The van der Waals surface area contributed by atoms with E-state index >= 15 is 0 Å². The van der Waals surface area contributed by atoms with E-state index in [1.807, 2.05) is 72.6 Å². The van der Waals surface area contributed by atoms with Crippen LogP contribution < -0.4 is 14.8 Å². The summed E-state index contributed by atoms with van der Waals surface area (Å²) in [5, 5.41) is 3.09. The second-order valence-electron chi connectivity index (χ2n) is 11.4. The number of benzene rings is 4. The van der Waals surface area contributed by atoms with Gasteiger partial charge in [0.05, 0.1) is 25.7 Å². The van der Waals surface area contributed by atoms with Crippen LogP contribution in [0.15, 0.2) is 103 Å². The number of rotatable bonds is 8. The summed E-state index contributed by atoms with van der Waals surface area (Å²) < 4.78 is 11.1. The van der Waals surface area contributed by atoms with Gasteiger partial charge in [0, 0.05) is 23.0 Å². The van der Waals surface area contributed by atoms with Crippen molar-refractivity contribution in [2.24, 2.45) is 5.92 Å². The summed E-state index contributed by atoms with van der Waals surface area (Å²) in [6.45, 7) is 2.60. The summed E-state index contributed by atoms with van der Waals surface area (Å²) in [5.41, 5.74) is 2.70. The third-order valence-corrected chi connectivity index (χ3v) is 9.11. The molecule has 1 amide bonds. The first kappa shape index (κ1) is 27.7. The summed E-state index contributed by atoms with van der Waals surface area (Å²) in [5.74, 6) is -0.554. The lowest BCUT2D eigenvalue weighted by Crippen LogP contribution is -2.49. The van der Waals surface area contributed by atoms with Crippen LogP contribution >= 0.6 is 0 Å². The lowest BCUT2D eigenvalue weighted by atomic mass is 9.62. The Morgan fingerprint density at radius 3 is 2.23 bits per heavy atom. The molecule has 44 heavy (non-hydrogen) atoms. The molecule has 4 atom stereocenters. The number of nitrogens with one attached hydrogen (secondary N) is 1. The van der Waals surface area contributed by atoms with Crippen LogP contribution in [0.25, 0.3) is 6.08 Å². The highest BCUT2D eigenvalue weighted by molar-refractivity contribution is 6.16. The predicted octanol–water partition coefficient (Wildman–Crippen LogP) is 6.47. The van der Waals surface area contributed by atoms with E-state index in [9.17, 15) is 14.4 Å². The van der Waals surface area contributed by atoms with Gasteiger partial charge in [0.2, 0.25) is 5.91 Å². The molecule has 1 fully saturated rings. The Morgan fingerprint density at radius 2 is 1.50 bits per heavy atom. The summed E-state index contributed by atoms with van der Waals surface area (Å²) in [7, 11) is 1.57. The van der Waals surface area contributed by atoms with Crippen molar-refractivity contribution in [3.63, 3.8) is 0 Å². The minimum atomic E-state index is -1.38. The molecule has 3 heterocycles. The zero-order chi connectivity index (χ0) is 30.4. The summed E-state index contributed by atoms with van der Waals surface area (Å²) in [6, 6.07) is 27.8. The number of ether oxygens (including phenoxy) is 2. The lowest BCUT2D eigenvalue weighted by molar-refractivity contribution is -0.122. The van der Waals surface area contributed by atoms with Crippen molar-refractivity contribution in [2.75, 3.05) is 19.0 Å². The van der Waals surface area contributed by atoms with Gasteiger partial charge in [0.15, 0.2) is 11.6 Å². The van der Waals surface area contributed by atoms with E-state index in [0.717, 1.165) is 23.1 Å². The number of carbonyl (C=O) groups excluding carboxylic acids is 3. The van der Waals surface area contributed by atoms with Crippen molar-refractivity contribution in [2.45, 2.75) is 30.8 Å². The monoisotopic (exact) mass is 584 g/mol. The maximum atomic E-state index is 14.9. The third-order valence-electron chi connectivity index (χ3n) is 9.11. The maximum Gasteiger partial charge on any atom is 0.238 e. The number of amides is 1. The average molecular weight is 585 g/mol. The molecule has 0 saturated carbocycles. The van der Waals surface area contributed by atoms with Crippen molar-refractivity contribution in [3.05, 3.63) is 131 Å². The summed E-state index contributed by atoms with van der Waals surface area (Å²) in [6.07, 6.45) is 4.70. The van der Waals surface area contributed by atoms with Gasteiger partial charge in [0.25, 0.3) is 0 Å². The van der Waals surface area contributed by atoms with Crippen LogP contribution in [0.2, 0.25) is 0 Å². The van der Waals surface area contributed by atoms with Gasteiger partial charge in [-0.05, 0) is 83.8 Å². The Morgan fingerprint density at radius 1 is 0.841 bits per heavy atom. The summed E-state index contributed by atoms with van der Waals surface area (Å²) >= 11 is 0. The molecule has 0 unspecified atom stereocenters. The molecule has 1 saturated heterocycles. The Kier molecular flexibility index (Phi) is 6.81. The first-order valence-electron chi connectivity index (χ1n) is 14.9. The molecule has 0 aromatic heterocycles. The highest BCUT2D eigenvalue weighted by atomic mass is 16.5. The quantitative estimate of drug-likeness (QED) is 0.239. The van der Waals surface area contributed by atoms with Gasteiger partial charge >= 0.3 is 0 Å². The second-order valence-corrected chi connectivity index (χ2v) is 11.4. The van der Waals surface area contributed by atoms with E-state index in [1.165, 1.54) is 0 Å². The van der Waals surface area contributed by atoms with Gasteiger partial charge in [0.1, 0.15) is 23.0 Å². The molecule has 7 heteroatoms. The van der Waals surface area contributed by atoms with E-state index in [2.05, 4.69) is 5.32 Å². The van der Waals surface area contributed by atoms with E-state index in [1.54, 1.807) is 55.6 Å². The number of anilines is 1. The number of hydrogen-bond donors (Lipinski definition) is 1. The molecule has 1 N–H and O–H groups in total. The average Bonchev–Trinajstić information content (AvgIpc) is 3.55. The first-order valence-corrected chi connectivity index (χ1v) is 14.9. The largest absolute Gasteiger partial charge is 0.497 e. The van der Waals surface area contributed by atoms with E-state index < -0.39 is 23.4 Å². The van der Waals surface area contributed by atoms with Crippen molar-refractivity contribution in [1.82, 2.24) is 4.90 Å². The normalized spacial score (nSPS) is 22.6. The van der Waals surface area contributed by atoms with E-state index in [-0.39, 0.29) is 17.5 Å². The standard InChI is InChI=1S/C37H32N2O5/c1-3-22-44-27-18-14-24(15-19-27)33(40)31-32(34(41)25-12-16-26(43-2)17-13-25)39-21-20-23-8-4-5-9-28(23)35(39)37(31)29-10-6-7-11-30(29)38-36(37)42/h4-21,31-32,35H,3,22H2,1-2H3,(H,38,42)/t31-,32+,35+,37+/m0/s1. The number of carbonyl (C=O) groups is 3. The highest BCUT2D eigenvalue weighted by Gasteiger charge is 2.70. The smallest absolute Gasteiger partial charge is 0.238 e. The van der Waals surface area contributed by atoms with Gasteiger partial charge in [-0.25, -0.2) is 0 Å². The topological polar surface area (TPSA) is 84.9 Å².